The van der Waals surface area contributed by atoms with Crippen molar-refractivity contribution in [1.29, 1.82) is 5.26 Å². The molecule has 3 nitrogen and oxygen atoms in total. The summed E-state index contributed by atoms with van der Waals surface area (Å²) in [6.07, 6.45) is 8.92. The molecule has 1 aromatic heterocycles. The second kappa shape index (κ2) is 14.3. The number of allylic oxidation sites excluding steroid dienone is 1. The van der Waals surface area contributed by atoms with E-state index in [0.717, 1.165) is 52.1 Å². The Labute approximate surface area is 248 Å². The van der Waals surface area contributed by atoms with Gasteiger partial charge in [0.05, 0.1) is 17.1 Å². The Morgan fingerprint density at radius 2 is 1.80 bits per heavy atom. The molecular formula is C35H36ClN3S. The van der Waals surface area contributed by atoms with Crippen molar-refractivity contribution in [2.45, 2.75) is 52.9 Å². The number of aromatic nitrogens is 1. The summed E-state index contributed by atoms with van der Waals surface area (Å²) in [5.41, 5.74) is 7.35. The zero-order valence-electron chi connectivity index (χ0n) is 23.7. The predicted octanol–water partition coefficient (Wildman–Crippen LogP) is 10.0. The Kier molecular flexibility index (Phi) is 10.6. The minimum Gasteiger partial charge on any atom is -0.267 e. The Balaban J connectivity index is 0.000000283. The van der Waals surface area contributed by atoms with Gasteiger partial charge in [-0.2, -0.15) is 5.26 Å². The average Bonchev–Trinajstić information content (AvgIpc) is 3.01. The summed E-state index contributed by atoms with van der Waals surface area (Å²) in [5, 5.41) is 11.8. The van der Waals surface area contributed by atoms with Crippen molar-refractivity contribution in [1.82, 2.24) is 4.98 Å². The number of hydrogen-bond acceptors (Lipinski definition) is 4. The van der Waals surface area contributed by atoms with Gasteiger partial charge in [0.15, 0.2) is 0 Å². The van der Waals surface area contributed by atoms with Crippen LogP contribution in [0.1, 0.15) is 62.3 Å². The Bertz CT molecular complexity index is 1560. The van der Waals surface area contributed by atoms with Gasteiger partial charge in [-0.25, -0.2) is 0 Å². The van der Waals surface area contributed by atoms with Crippen LogP contribution in [-0.2, 0) is 12.8 Å². The lowest BCUT2D eigenvalue weighted by molar-refractivity contribution is 0.502. The van der Waals surface area contributed by atoms with Gasteiger partial charge in [-0.05, 0) is 59.7 Å². The highest BCUT2D eigenvalue weighted by Crippen LogP contribution is 2.42. The normalized spacial score (nSPS) is 14.1. The highest BCUT2D eigenvalue weighted by molar-refractivity contribution is 8.03. The predicted molar refractivity (Wildman–Crippen MR) is 173 cm³/mol. The van der Waals surface area contributed by atoms with E-state index in [1.54, 1.807) is 0 Å². The van der Waals surface area contributed by atoms with Crippen LogP contribution < -0.4 is 0 Å². The minimum atomic E-state index is 0.275. The van der Waals surface area contributed by atoms with E-state index >= 15 is 0 Å². The summed E-state index contributed by atoms with van der Waals surface area (Å²) >= 11 is 7.87. The molecule has 5 rings (SSSR count). The quantitative estimate of drug-likeness (QED) is 0.224. The minimum absolute atomic E-state index is 0.275. The van der Waals surface area contributed by atoms with Crippen LogP contribution in [0.4, 0.5) is 0 Å². The first-order valence-electron chi connectivity index (χ1n) is 14.0. The van der Waals surface area contributed by atoms with Gasteiger partial charge < -0.3 is 0 Å². The second-order valence-corrected chi connectivity index (χ2v) is 11.5. The first-order valence-corrected chi connectivity index (χ1v) is 15.4. The number of hydrogen-bond donors (Lipinski definition) is 0. The maximum Gasteiger partial charge on any atom is 0.0998 e. The molecule has 0 radical (unpaired) electrons. The third-order valence-electron chi connectivity index (χ3n) is 7.50. The zero-order chi connectivity index (χ0) is 28.5. The number of rotatable bonds is 7. The molecule has 0 amide bonds. The molecule has 0 aliphatic carbocycles. The van der Waals surface area contributed by atoms with Crippen molar-refractivity contribution in [3.63, 3.8) is 0 Å². The number of nitriles is 1. The van der Waals surface area contributed by atoms with Crippen LogP contribution in [0, 0.1) is 17.2 Å². The number of nitrogens with zero attached hydrogens (tertiary/aromatic N) is 3. The van der Waals surface area contributed by atoms with Crippen LogP contribution in [0.5, 0.6) is 0 Å². The molecule has 3 aromatic carbocycles. The maximum absolute atomic E-state index is 9.78. The van der Waals surface area contributed by atoms with Gasteiger partial charge >= 0.3 is 0 Å². The SMILES string of the molecule is CCC(C)C(C1=CN=CCS1)c1ccc(C#N)c(-c2cccc3cccnc23)c1.CCc1ccc(CC)c(Cl)c1. The fraction of sp³-hybridized carbons (Fsp3) is 0.286. The van der Waals surface area contributed by atoms with E-state index in [4.69, 9.17) is 11.6 Å². The van der Waals surface area contributed by atoms with E-state index < -0.39 is 0 Å². The summed E-state index contributed by atoms with van der Waals surface area (Å²) in [4.78, 5) is 10.3. The molecule has 0 N–H and O–H groups in total. The fourth-order valence-corrected chi connectivity index (χ4v) is 6.39. The van der Waals surface area contributed by atoms with Gasteiger partial charge in [0.25, 0.3) is 0 Å². The van der Waals surface area contributed by atoms with Gasteiger partial charge in [-0.3, -0.25) is 9.98 Å². The van der Waals surface area contributed by atoms with E-state index in [-0.39, 0.29) is 5.92 Å². The molecule has 2 atom stereocenters. The average molecular weight is 566 g/mol. The Morgan fingerprint density at radius 3 is 2.48 bits per heavy atom. The van der Waals surface area contributed by atoms with Crippen molar-refractivity contribution < 1.29 is 0 Å². The molecule has 2 unspecified atom stereocenters. The highest BCUT2D eigenvalue weighted by atomic mass is 35.5. The first kappa shape index (κ1) is 29.6. The van der Waals surface area contributed by atoms with Gasteiger partial charge in [0.1, 0.15) is 0 Å². The molecule has 1 aliphatic heterocycles. The largest absolute Gasteiger partial charge is 0.267 e. The number of para-hydroxylation sites is 1. The summed E-state index contributed by atoms with van der Waals surface area (Å²) in [6.45, 7) is 8.78. The van der Waals surface area contributed by atoms with Crippen LogP contribution in [0.3, 0.4) is 0 Å². The Hall–Kier alpha value is -3.39. The molecule has 0 spiro atoms. The molecular weight excluding hydrogens is 530 g/mol. The molecule has 5 heteroatoms. The molecule has 204 valence electrons. The van der Waals surface area contributed by atoms with Crippen molar-refractivity contribution >= 4 is 40.5 Å². The molecule has 0 saturated heterocycles. The van der Waals surface area contributed by atoms with Crippen LogP contribution in [0.25, 0.3) is 22.0 Å². The summed E-state index contributed by atoms with van der Waals surface area (Å²) in [5.74, 6) is 1.67. The number of thioether (sulfide) groups is 1. The van der Waals surface area contributed by atoms with Crippen molar-refractivity contribution in [3.05, 3.63) is 111 Å². The van der Waals surface area contributed by atoms with Gasteiger partial charge in [0, 0.05) is 56.7 Å². The van der Waals surface area contributed by atoms with E-state index in [9.17, 15) is 5.26 Å². The number of aliphatic imine (C=N–C) groups is 1. The van der Waals surface area contributed by atoms with Crippen LogP contribution in [0.2, 0.25) is 5.02 Å². The first-order chi connectivity index (χ1) is 19.5. The number of halogens is 1. The molecule has 0 fully saturated rings. The van der Waals surface area contributed by atoms with Crippen molar-refractivity contribution in [3.8, 4) is 17.2 Å². The van der Waals surface area contributed by atoms with Gasteiger partial charge in [-0.15, -0.1) is 11.8 Å². The van der Waals surface area contributed by atoms with Crippen molar-refractivity contribution in [2.24, 2.45) is 10.9 Å². The number of benzene rings is 3. The highest BCUT2D eigenvalue weighted by Gasteiger charge is 2.25. The van der Waals surface area contributed by atoms with Crippen molar-refractivity contribution in [2.75, 3.05) is 5.75 Å². The monoisotopic (exact) mass is 565 g/mol. The molecule has 2 heterocycles. The van der Waals surface area contributed by atoms with E-state index in [2.05, 4.69) is 92.3 Å². The number of aryl methyl sites for hydroxylation is 2. The van der Waals surface area contributed by atoms with Gasteiger partial charge in [0.2, 0.25) is 0 Å². The van der Waals surface area contributed by atoms with Gasteiger partial charge in [-0.1, -0.05) is 88.2 Å². The third kappa shape index (κ3) is 6.84. The van der Waals surface area contributed by atoms with Crippen LogP contribution in [0.15, 0.2) is 89.0 Å². The fourth-order valence-electron chi connectivity index (χ4n) is 5.01. The molecule has 4 aromatic rings. The zero-order valence-corrected chi connectivity index (χ0v) is 25.3. The van der Waals surface area contributed by atoms with E-state index in [1.807, 2.05) is 48.6 Å². The standard InChI is InChI=1S/C25H23N3S.C10H13Cl/c1-3-17(2)24(23-16-27-12-13-29-23)19-9-10-20(15-26)22(14-19)21-8-4-6-18-7-5-11-28-25(18)21;1-3-8-5-6-9(4-2)10(11)7-8/h4-12,14,16-17,24H,3,13H2,1-2H3;5-7H,3-4H2,1-2H3. The smallest absolute Gasteiger partial charge is 0.0998 e. The third-order valence-corrected chi connectivity index (χ3v) is 8.86. The number of fused-ring (bicyclic) bond motifs is 1. The summed E-state index contributed by atoms with van der Waals surface area (Å²) < 4.78 is 0. The Morgan fingerprint density at radius 1 is 0.975 bits per heavy atom. The lowest BCUT2D eigenvalue weighted by Crippen LogP contribution is -2.12. The molecule has 1 aliphatic rings. The molecule has 0 bridgehead atoms. The lowest BCUT2D eigenvalue weighted by Gasteiger charge is -2.27. The topological polar surface area (TPSA) is 49.0 Å². The van der Waals surface area contributed by atoms with E-state index in [0.29, 0.717) is 11.5 Å². The molecule has 40 heavy (non-hydrogen) atoms. The number of pyridine rings is 1. The summed E-state index contributed by atoms with van der Waals surface area (Å²) in [6, 6.07) is 25.1. The maximum atomic E-state index is 9.78. The van der Waals surface area contributed by atoms with E-state index in [1.165, 1.54) is 21.6 Å². The van der Waals surface area contributed by atoms with Crippen LogP contribution >= 0.6 is 23.4 Å². The second-order valence-electron chi connectivity index (χ2n) is 9.97. The molecule has 0 saturated carbocycles. The lowest BCUT2D eigenvalue weighted by atomic mass is 9.83. The summed E-state index contributed by atoms with van der Waals surface area (Å²) in [7, 11) is 0. The van der Waals surface area contributed by atoms with Crippen LogP contribution in [-0.4, -0.2) is 17.0 Å².